The van der Waals surface area contributed by atoms with Gasteiger partial charge in [0, 0.05) is 6.20 Å². The molecule has 1 aromatic rings. The van der Waals surface area contributed by atoms with Gasteiger partial charge >= 0.3 is 3.98 Å². The highest BCUT2D eigenvalue weighted by molar-refractivity contribution is 6.66. The van der Waals surface area contributed by atoms with Crippen molar-refractivity contribution in [1.82, 2.24) is 4.98 Å². The van der Waals surface area contributed by atoms with Crippen molar-refractivity contribution in [3.63, 3.8) is 0 Å². The second-order valence-electron chi connectivity index (χ2n) is 1.84. The number of aromatic nitrogens is 1. The zero-order valence-corrected chi connectivity index (χ0v) is 7.87. The summed E-state index contributed by atoms with van der Waals surface area (Å²) in [6.45, 7) is 0. The average molecular weight is 230 g/mol. The van der Waals surface area contributed by atoms with Crippen molar-refractivity contribution in [3.05, 3.63) is 24.3 Å². The lowest BCUT2D eigenvalue weighted by Crippen LogP contribution is -2.13. The number of pyridine rings is 1. The molecule has 0 amide bonds. The van der Waals surface area contributed by atoms with Crippen molar-refractivity contribution in [1.29, 1.82) is 0 Å². The number of hydrogen-bond donors (Lipinski definition) is 0. The van der Waals surface area contributed by atoms with E-state index in [9.17, 15) is 4.39 Å². The van der Waals surface area contributed by atoms with Gasteiger partial charge in [-0.2, -0.15) is 4.39 Å². The predicted molar refractivity (Wildman–Crippen MR) is 45.1 cm³/mol. The van der Waals surface area contributed by atoms with E-state index >= 15 is 0 Å². The topological polar surface area (TPSA) is 22.1 Å². The van der Waals surface area contributed by atoms with Crippen LogP contribution in [-0.2, 0) is 0 Å². The van der Waals surface area contributed by atoms with Crippen LogP contribution in [0.4, 0.5) is 4.39 Å². The van der Waals surface area contributed by atoms with Crippen LogP contribution < -0.4 is 4.74 Å². The summed E-state index contributed by atoms with van der Waals surface area (Å²) in [4.78, 5) is 3.30. The van der Waals surface area contributed by atoms with E-state index in [1.165, 1.54) is 18.3 Å². The van der Waals surface area contributed by atoms with E-state index < -0.39 is 9.93 Å². The molecule has 0 radical (unpaired) electrons. The Balaban J connectivity index is 2.83. The molecule has 1 rings (SSSR count). The SMILES string of the molecule is Fc1ncccc1OC(Cl)(Cl)Cl. The van der Waals surface area contributed by atoms with E-state index in [1.54, 1.807) is 0 Å². The smallest absolute Gasteiger partial charge is 0.338 e. The third-order valence-corrected chi connectivity index (χ3v) is 1.18. The molecule has 0 aromatic carbocycles. The highest BCUT2D eigenvalue weighted by Crippen LogP contribution is 2.30. The Morgan fingerprint density at radius 3 is 2.58 bits per heavy atom. The van der Waals surface area contributed by atoms with Crippen molar-refractivity contribution in [2.45, 2.75) is 3.98 Å². The highest BCUT2D eigenvalue weighted by Gasteiger charge is 2.23. The molecule has 2 nitrogen and oxygen atoms in total. The average Bonchev–Trinajstić information content (AvgIpc) is 1.91. The van der Waals surface area contributed by atoms with Gasteiger partial charge in [-0.05, 0) is 46.9 Å². The summed E-state index contributed by atoms with van der Waals surface area (Å²) >= 11 is 15.8. The number of rotatable bonds is 1. The lowest BCUT2D eigenvalue weighted by atomic mass is 10.4. The molecule has 0 fully saturated rings. The maximum atomic E-state index is 12.7. The van der Waals surface area contributed by atoms with Crippen LogP contribution in [0, 0.1) is 5.95 Å². The van der Waals surface area contributed by atoms with Gasteiger partial charge in [0.2, 0.25) is 0 Å². The molecule has 0 aliphatic rings. The first-order valence-electron chi connectivity index (χ1n) is 2.85. The fourth-order valence-corrected chi connectivity index (χ4v) is 0.821. The molecule has 0 saturated heterocycles. The van der Waals surface area contributed by atoms with E-state index in [0.29, 0.717) is 0 Å². The molecule has 0 aliphatic carbocycles. The molecule has 66 valence electrons. The largest absolute Gasteiger partial charge is 0.441 e. The van der Waals surface area contributed by atoms with E-state index in [2.05, 4.69) is 9.72 Å². The minimum absolute atomic E-state index is 0.197. The van der Waals surface area contributed by atoms with Gasteiger partial charge in [-0.15, -0.1) is 0 Å². The Bertz CT molecular complexity index is 276. The van der Waals surface area contributed by atoms with Gasteiger partial charge in [0.25, 0.3) is 5.95 Å². The predicted octanol–water partition coefficient (Wildman–Crippen LogP) is 2.93. The molecule has 1 heterocycles. The van der Waals surface area contributed by atoms with Gasteiger partial charge in [0.1, 0.15) is 0 Å². The maximum Gasteiger partial charge on any atom is 0.338 e. The van der Waals surface area contributed by atoms with Crippen LogP contribution in [0.15, 0.2) is 18.3 Å². The lowest BCUT2D eigenvalue weighted by Gasteiger charge is -2.12. The van der Waals surface area contributed by atoms with Gasteiger partial charge in [0.05, 0.1) is 0 Å². The molecular weight excluding hydrogens is 227 g/mol. The van der Waals surface area contributed by atoms with Crippen LogP contribution >= 0.6 is 34.8 Å². The van der Waals surface area contributed by atoms with Crippen LogP contribution in [0.25, 0.3) is 0 Å². The van der Waals surface area contributed by atoms with Crippen molar-refractivity contribution in [2.75, 3.05) is 0 Å². The number of alkyl halides is 3. The van der Waals surface area contributed by atoms with Crippen molar-refractivity contribution in [2.24, 2.45) is 0 Å². The molecule has 0 atom stereocenters. The maximum absolute atomic E-state index is 12.7. The first-order chi connectivity index (χ1) is 5.49. The summed E-state index contributed by atoms with van der Waals surface area (Å²) in [5.41, 5.74) is 0. The third kappa shape index (κ3) is 3.01. The molecule has 0 unspecified atom stereocenters. The molecule has 0 N–H and O–H groups in total. The van der Waals surface area contributed by atoms with Gasteiger partial charge < -0.3 is 4.74 Å². The lowest BCUT2D eigenvalue weighted by molar-refractivity contribution is 0.298. The number of halogens is 4. The summed E-state index contributed by atoms with van der Waals surface area (Å²) in [7, 11) is 0. The van der Waals surface area contributed by atoms with Crippen molar-refractivity contribution in [3.8, 4) is 5.75 Å². The fraction of sp³-hybridized carbons (Fsp3) is 0.167. The van der Waals surface area contributed by atoms with Crippen LogP contribution in [0.1, 0.15) is 0 Å². The Morgan fingerprint density at radius 1 is 1.42 bits per heavy atom. The van der Waals surface area contributed by atoms with Gasteiger partial charge in [0.15, 0.2) is 5.75 Å². The highest BCUT2D eigenvalue weighted by atomic mass is 35.6. The molecule has 6 heteroatoms. The molecular formula is C6H3Cl3FNO. The van der Waals surface area contributed by atoms with Gasteiger partial charge in [-0.3, -0.25) is 0 Å². The molecule has 0 bridgehead atoms. The second kappa shape index (κ2) is 3.64. The van der Waals surface area contributed by atoms with E-state index in [-0.39, 0.29) is 5.75 Å². The number of nitrogens with zero attached hydrogens (tertiary/aromatic N) is 1. The van der Waals surface area contributed by atoms with Crippen molar-refractivity contribution >= 4 is 34.8 Å². The van der Waals surface area contributed by atoms with Crippen LogP contribution in [0.3, 0.4) is 0 Å². The minimum Gasteiger partial charge on any atom is -0.441 e. The molecule has 1 aromatic heterocycles. The Kier molecular flexibility index (Phi) is 2.99. The third-order valence-electron chi connectivity index (χ3n) is 0.951. The fourth-order valence-electron chi connectivity index (χ4n) is 0.572. The van der Waals surface area contributed by atoms with Crippen molar-refractivity contribution < 1.29 is 9.13 Å². The Hall–Kier alpha value is -0.250. The number of ether oxygens (including phenoxy) is 1. The zero-order chi connectivity index (χ0) is 9.19. The Morgan fingerprint density at radius 2 is 2.08 bits per heavy atom. The molecule has 12 heavy (non-hydrogen) atoms. The van der Waals surface area contributed by atoms with Crippen LogP contribution in [-0.4, -0.2) is 8.96 Å². The summed E-state index contributed by atoms with van der Waals surface area (Å²) in [5, 5.41) is 0. The van der Waals surface area contributed by atoms with Crippen LogP contribution in [0.2, 0.25) is 0 Å². The Labute approximate surface area is 83.2 Å². The molecule has 0 saturated carbocycles. The van der Waals surface area contributed by atoms with E-state index in [4.69, 9.17) is 34.8 Å². The quantitative estimate of drug-likeness (QED) is 0.547. The summed E-state index contributed by atoms with van der Waals surface area (Å²) in [6.07, 6.45) is 1.26. The van der Waals surface area contributed by atoms with Gasteiger partial charge in [-0.1, -0.05) is 0 Å². The summed E-state index contributed by atoms with van der Waals surface area (Å²) in [5.74, 6) is -1.01. The van der Waals surface area contributed by atoms with E-state index in [1.807, 2.05) is 0 Å². The first kappa shape index (κ1) is 9.84. The van der Waals surface area contributed by atoms with Crippen LogP contribution in [0.5, 0.6) is 5.75 Å². The molecule has 0 spiro atoms. The standard InChI is InChI=1S/C6H3Cl3FNO/c7-6(8,9)12-4-2-1-3-11-5(4)10/h1-3H. The zero-order valence-electron chi connectivity index (χ0n) is 5.60. The monoisotopic (exact) mass is 229 g/mol. The normalized spacial score (nSPS) is 11.3. The minimum atomic E-state index is -1.97. The second-order valence-corrected chi connectivity index (χ2v) is 4.02. The van der Waals surface area contributed by atoms with Gasteiger partial charge in [-0.25, -0.2) is 4.98 Å². The summed E-state index contributed by atoms with van der Waals surface area (Å²) < 4.78 is 15.3. The van der Waals surface area contributed by atoms with E-state index in [0.717, 1.165) is 0 Å². The summed E-state index contributed by atoms with van der Waals surface area (Å²) in [6, 6.07) is 2.78. The number of hydrogen-bond acceptors (Lipinski definition) is 2. The first-order valence-corrected chi connectivity index (χ1v) is 3.99. The molecule has 0 aliphatic heterocycles.